The predicted octanol–water partition coefficient (Wildman–Crippen LogP) is 5.66. The van der Waals surface area contributed by atoms with Crippen LogP contribution in [0.2, 0.25) is 0 Å². The molecule has 2 aliphatic rings. The molecule has 2 aromatic rings. The van der Waals surface area contributed by atoms with Gasteiger partial charge in [-0.25, -0.2) is 4.98 Å². The number of fused-ring (bicyclic) bond motifs is 1. The van der Waals surface area contributed by atoms with Crippen LogP contribution < -0.4 is 10.5 Å². The Morgan fingerprint density at radius 3 is 2.54 bits per heavy atom. The summed E-state index contributed by atoms with van der Waals surface area (Å²) in [5.41, 5.74) is 1.93. The van der Waals surface area contributed by atoms with Crippen LogP contribution in [-0.4, -0.2) is 44.1 Å². The first kappa shape index (κ1) is 25.9. The molecule has 188 valence electrons. The standard InChI is InChI=1S/C27H36N4O2S2/c1-5-6-7-8-9-12-30-26(33)22(35-27(30)34)14-21-24(29-15-19(3)13-20(4)16-29)28-23-11-10-18(2)17-31(23)25(21)32/h10-11,14,17,19-20H,5-9,12-13,15-16H2,1-4H3. The molecule has 2 unspecified atom stereocenters. The van der Waals surface area contributed by atoms with Gasteiger partial charge in [-0.2, -0.15) is 0 Å². The molecule has 0 spiro atoms. The van der Waals surface area contributed by atoms with Gasteiger partial charge < -0.3 is 4.90 Å². The number of hydrogen-bond donors (Lipinski definition) is 0. The van der Waals surface area contributed by atoms with Crippen molar-refractivity contribution in [1.82, 2.24) is 14.3 Å². The summed E-state index contributed by atoms with van der Waals surface area (Å²) in [5, 5.41) is 0. The van der Waals surface area contributed by atoms with Crippen molar-refractivity contribution in [2.45, 2.75) is 66.2 Å². The molecule has 0 N–H and O–H groups in total. The first-order valence-corrected chi connectivity index (χ1v) is 14.0. The SMILES string of the molecule is CCCCCCCN1C(=O)C(=Cc2c(N3CC(C)CC(C)C3)nc3ccc(C)cn3c2=O)SC1=S. The maximum atomic E-state index is 13.7. The Morgan fingerprint density at radius 2 is 1.83 bits per heavy atom. The van der Waals surface area contributed by atoms with Gasteiger partial charge in [-0.1, -0.05) is 76.5 Å². The molecule has 0 bridgehead atoms. The first-order chi connectivity index (χ1) is 16.8. The molecule has 35 heavy (non-hydrogen) atoms. The molecule has 2 aromatic heterocycles. The van der Waals surface area contributed by atoms with Crippen molar-refractivity contribution in [3.05, 3.63) is 44.7 Å². The van der Waals surface area contributed by atoms with Gasteiger partial charge in [0.05, 0.1) is 10.5 Å². The number of carbonyl (C=O) groups is 1. The number of anilines is 1. The summed E-state index contributed by atoms with van der Waals surface area (Å²) < 4.78 is 2.17. The van der Waals surface area contributed by atoms with Crippen LogP contribution in [0.3, 0.4) is 0 Å². The third-order valence-electron chi connectivity index (χ3n) is 6.79. The summed E-state index contributed by atoms with van der Waals surface area (Å²) in [6.45, 7) is 11.0. The Bertz CT molecular complexity index is 1200. The van der Waals surface area contributed by atoms with E-state index in [0.29, 0.717) is 44.6 Å². The zero-order valence-corrected chi connectivity index (χ0v) is 22.9. The van der Waals surface area contributed by atoms with Crippen LogP contribution >= 0.6 is 24.0 Å². The van der Waals surface area contributed by atoms with Gasteiger partial charge in [-0.3, -0.25) is 18.9 Å². The summed E-state index contributed by atoms with van der Waals surface area (Å²) in [6, 6.07) is 3.86. The molecule has 0 aliphatic carbocycles. The molecule has 0 radical (unpaired) electrons. The Kier molecular flexibility index (Phi) is 8.32. The number of hydrogen-bond acceptors (Lipinski definition) is 6. The summed E-state index contributed by atoms with van der Waals surface area (Å²) >= 11 is 6.84. The molecule has 4 heterocycles. The molecule has 0 aromatic carbocycles. The fraction of sp³-hybridized carbons (Fsp3) is 0.556. The van der Waals surface area contributed by atoms with Gasteiger partial charge in [0.2, 0.25) is 0 Å². The Labute approximate surface area is 217 Å². The van der Waals surface area contributed by atoms with Gasteiger partial charge in [0.25, 0.3) is 11.5 Å². The van der Waals surface area contributed by atoms with Gasteiger partial charge in [-0.15, -0.1) is 0 Å². The van der Waals surface area contributed by atoms with E-state index in [1.54, 1.807) is 15.4 Å². The van der Waals surface area contributed by atoms with E-state index in [2.05, 4.69) is 25.7 Å². The third-order valence-corrected chi connectivity index (χ3v) is 8.17. The number of rotatable bonds is 8. The van der Waals surface area contributed by atoms with Crippen molar-refractivity contribution in [1.29, 1.82) is 0 Å². The van der Waals surface area contributed by atoms with Gasteiger partial charge in [-0.05, 0) is 49.3 Å². The van der Waals surface area contributed by atoms with Crippen LogP contribution in [0, 0.1) is 18.8 Å². The first-order valence-electron chi connectivity index (χ1n) is 12.8. The van der Waals surface area contributed by atoms with Crippen LogP contribution in [0.5, 0.6) is 0 Å². The number of unbranched alkanes of at least 4 members (excludes halogenated alkanes) is 4. The van der Waals surface area contributed by atoms with E-state index < -0.39 is 0 Å². The van der Waals surface area contributed by atoms with Gasteiger partial charge in [0.1, 0.15) is 15.8 Å². The molecule has 2 aliphatic heterocycles. The van der Waals surface area contributed by atoms with Crippen LogP contribution in [0.4, 0.5) is 5.82 Å². The van der Waals surface area contributed by atoms with E-state index in [1.807, 2.05) is 25.3 Å². The lowest BCUT2D eigenvalue weighted by Crippen LogP contribution is -2.40. The zero-order chi connectivity index (χ0) is 25.1. The minimum atomic E-state index is -0.149. The normalized spacial score (nSPS) is 22.1. The van der Waals surface area contributed by atoms with E-state index in [1.165, 1.54) is 31.0 Å². The number of aryl methyl sites for hydroxylation is 1. The summed E-state index contributed by atoms with van der Waals surface area (Å²) in [7, 11) is 0. The molecule has 2 fully saturated rings. The lowest BCUT2D eigenvalue weighted by Gasteiger charge is -2.36. The van der Waals surface area contributed by atoms with Crippen LogP contribution in [0.15, 0.2) is 28.0 Å². The van der Waals surface area contributed by atoms with Gasteiger partial charge in [0.15, 0.2) is 0 Å². The molecular weight excluding hydrogens is 476 g/mol. The number of thioether (sulfide) groups is 1. The number of carbonyl (C=O) groups excluding carboxylic acids is 1. The maximum Gasteiger partial charge on any atom is 0.267 e. The fourth-order valence-electron chi connectivity index (χ4n) is 5.15. The molecule has 6 nitrogen and oxygen atoms in total. The van der Waals surface area contributed by atoms with Gasteiger partial charge >= 0.3 is 0 Å². The summed E-state index contributed by atoms with van der Waals surface area (Å²) in [6.07, 6.45) is 10.3. The highest BCUT2D eigenvalue weighted by atomic mass is 32.2. The van der Waals surface area contributed by atoms with E-state index >= 15 is 0 Å². The van der Waals surface area contributed by atoms with E-state index in [0.717, 1.165) is 37.9 Å². The molecule has 2 saturated heterocycles. The predicted molar refractivity (Wildman–Crippen MR) is 150 cm³/mol. The van der Waals surface area contributed by atoms with Crippen molar-refractivity contribution in [3.8, 4) is 0 Å². The number of piperidine rings is 1. The molecule has 0 saturated carbocycles. The Hall–Kier alpha value is -2.19. The third kappa shape index (κ3) is 5.80. The van der Waals surface area contributed by atoms with Crippen molar-refractivity contribution in [3.63, 3.8) is 0 Å². The second-order valence-electron chi connectivity index (χ2n) is 10.2. The number of nitrogens with zero attached hydrogens (tertiary/aromatic N) is 4. The number of pyridine rings is 1. The van der Waals surface area contributed by atoms with E-state index in [4.69, 9.17) is 17.2 Å². The Morgan fingerprint density at radius 1 is 1.11 bits per heavy atom. The Balaban J connectivity index is 1.71. The average Bonchev–Trinajstić information content (AvgIpc) is 3.07. The largest absolute Gasteiger partial charge is 0.355 e. The second kappa shape index (κ2) is 11.2. The minimum absolute atomic E-state index is 0.101. The highest BCUT2D eigenvalue weighted by molar-refractivity contribution is 8.26. The van der Waals surface area contributed by atoms with Crippen molar-refractivity contribution in [2.75, 3.05) is 24.5 Å². The molecular formula is C27H36N4O2S2. The van der Waals surface area contributed by atoms with Crippen LogP contribution in [0.25, 0.3) is 11.7 Å². The topological polar surface area (TPSA) is 57.9 Å². The summed E-state index contributed by atoms with van der Waals surface area (Å²) in [5.74, 6) is 1.59. The maximum absolute atomic E-state index is 13.7. The molecule has 8 heteroatoms. The van der Waals surface area contributed by atoms with Crippen LogP contribution in [-0.2, 0) is 4.79 Å². The number of thiocarbonyl (C=S) groups is 1. The molecule has 1 amide bonds. The fourth-order valence-corrected chi connectivity index (χ4v) is 6.44. The molecule has 4 rings (SSSR count). The average molecular weight is 513 g/mol. The highest BCUT2D eigenvalue weighted by Gasteiger charge is 2.33. The second-order valence-corrected chi connectivity index (χ2v) is 11.9. The minimum Gasteiger partial charge on any atom is -0.355 e. The molecule has 2 atom stereocenters. The quantitative estimate of drug-likeness (QED) is 0.259. The number of aromatic nitrogens is 2. The summed E-state index contributed by atoms with van der Waals surface area (Å²) in [4.78, 5) is 36.3. The van der Waals surface area contributed by atoms with Crippen LogP contribution in [0.1, 0.15) is 70.4 Å². The monoisotopic (exact) mass is 512 g/mol. The van der Waals surface area contributed by atoms with Crippen molar-refractivity contribution >= 4 is 51.7 Å². The number of amides is 1. The highest BCUT2D eigenvalue weighted by Crippen LogP contribution is 2.34. The smallest absolute Gasteiger partial charge is 0.267 e. The van der Waals surface area contributed by atoms with E-state index in [-0.39, 0.29) is 11.5 Å². The lowest BCUT2D eigenvalue weighted by molar-refractivity contribution is -0.122. The zero-order valence-electron chi connectivity index (χ0n) is 21.2. The van der Waals surface area contributed by atoms with E-state index in [9.17, 15) is 9.59 Å². The van der Waals surface area contributed by atoms with Crippen molar-refractivity contribution < 1.29 is 4.79 Å². The van der Waals surface area contributed by atoms with Gasteiger partial charge in [0, 0.05) is 25.8 Å². The lowest BCUT2D eigenvalue weighted by atomic mass is 9.91. The van der Waals surface area contributed by atoms with Crippen molar-refractivity contribution in [2.24, 2.45) is 11.8 Å².